The van der Waals surface area contributed by atoms with Gasteiger partial charge in [0, 0.05) is 0 Å². The molecular formula is C6H7F2N3O. The summed E-state index contributed by atoms with van der Waals surface area (Å²) in [5.74, 6) is -0.907. The van der Waals surface area contributed by atoms with Crippen LogP contribution >= 0.6 is 0 Å². The molecule has 66 valence electrons. The van der Waals surface area contributed by atoms with E-state index in [0.717, 1.165) is 0 Å². The van der Waals surface area contributed by atoms with Gasteiger partial charge in [-0.1, -0.05) is 0 Å². The molecule has 0 atom stereocenters. The molecule has 1 heterocycles. The number of hydrogen-bond acceptors (Lipinski definition) is 2. The third kappa shape index (κ3) is 1.41. The van der Waals surface area contributed by atoms with E-state index in [-0.39, 0.29) is 5.69 Å². The summed E-state index contributed by atoms with van der Waals surface area (Å²) in [4.78, 5) is 10.6. The minimum absolute atomic E-state index is 0.275. The van der Waals surface area contributed by atoms with Crippen LogP contribution in [0, 0.1) is 6.92 Å². The van der Waals surface area contributed by atoms with Gasteiger partial charge < -0.3 is 5.73 Å². The van der Waals surface area contributed by atoms with Crippen LogP contribution in [0.1, 0.15) is 22.7 Å². The number of nitrogens with zero attached hydrogens (tertiary/aromatic N) is 2. The van der Waals surface area contributed by atoms with E-state index >= 15 is 0 Å². The Morgan fingerprint density at radius 2 is 2.33 bits per heavy atom. The maximum atomic E-state index is 12.1. The number of rotatable bonds is 2. The van der Waals surface area contributed by atoms with E-state index in [4.69, 9.17) is 5.73 Å². The Bertz CT molecular complexity index is 308. The van der Waals surface area contributed by atoms with Crippen LogP contribution in [0.3, 0.4) is 0 Å². The molecule has 1 aromatic rings. The summed E-state index contributed by atoms with van der Waals surface area (Å²) in [6.07, 6.45) is 0. The zero-order chi connectivity index (χ0) is 9.30. The van der Waals surface area contributed by atoms with Crippen LogP contribution in [0.5, 0.6) is 0 Å². The zero-order valence-electron chi connectivity index (χ0n) is 6.29. The number of carbonyl (C=O) groups excluding carboxylic acids is 1. The van der Waals surface area contributed by atoms with Crippen molar-refractivity contribution >= 4 is 5.91 Å². The molecule has 1 amide bonds. The Kier molecular flexibility index (Phi) is 2.07. The molecule has 0 aliphatic rings. The number of nitrogens with two attached hydrogens (primary N) is 1. The maximum Gasteiger partial charge on any atom is 0.333 e. The number of aromatic nitrogens is 2. The summed E-state index contributed by atoms with van der Waals surface area (Å²) < 4.78 is 24.5. The Hall–Kier alpha value is -1.46. The number of aryl methyl sites for hydroxylation is 1. The normalized spacial score (nSPS) is 10.7. The second kappa shape index (κ2) is 2.88. The lowest BCUT2D eigenvalue weighted by Gasteiger charge is -2.00. The molecule has 0 spiro atoms. The highest BCUT2D eigenvalue weighted by Gasteiger charge is 2.16. The van der Waals surface area contributed by atoms with Crippen molar-refractivity contribution in [1.82, 2.24) is 9.78 Å². The fourth-order valence-corrected chi connectivity index (χ4v) is 0.849. The highest BCUT2D eigenvalue weighted by atomic mass is 19.3. The topological polar surface area (TPSA) is 60.9 Å². The molecule has 0 aromatic carbocycles. The first-order valence-electron chi connectivity index (χ1n) is 3.16. The summed E-state index contributed by atoms with van der Waals surface area (Å²) in [7, 11) is 0. The lowest BCUT2D eigenvalue weighted by atomic mass is 10.3. The van der Waals surface area contributed by atoms with E-state index < -0.39 is 12.5 Å². The number of carbonyl (C=O) groups is 1. The van der Waals surface area contributed by atoms with E-state index in [1.807, 2.05) is 0 Å². The van der Waals surface area contributed by atoms with Crippen LogP contribution in [0.25, 0.3) is 0 Å². The fraction of sp³-hybridized carbons (Fsp3) is 0.333. The predicted octanol–water partition coefficient (Wildman–Crippen LogP) is 0.686. The number of hydrogen-bond donors (Lipinski definition) is 1. The largest absolute Gasteiger partial charge is 0.364 e. The van der Waals surface area contributed by atoms with E-state index in [0.29, 0.717) is 10.4 Å². The van der Waals surface area contributed by atoms with Crippen molar-refractivity contribution in [1.29, 1.82) is 0 Å². The van der Waals surface area contributed by atoms with Gasteiger partial charge in [0.1, 0.15) is 5.69 Å². The molecule has 0 saturated carbocycles. The van der Waals surface area contributed by atoms with Crippen LogP contribution in [-0.2, 0) is 0 Å². The van der Waals surface area contributed by atoms with Crippen molar-refractivity contribution in [3.8, 4) is 0 Å². The molecule has 2 N–H and O–H groups in total. The Morgan fingerprint density at radius 3 is 2.67 bits per heavy atom. The standard InChI is InChI=1S/C6H7F2N3O/c1-3-2-4(5(9)12)11(10-3)6(7)8/h2,6H,1H3,(H2,9,12). The van der Waals surface area contributed by atoms with Gasteiger partial charge in [0.25, 0.3) is 5.91 Å². The van der Waals surface area contributed by atoms with Crippen molar-refractivity contribution in [2.24, 2.45) is 5.73 Å². The highest BCUT2D eigenvalue weighted by molar-refractivity contribution is 5.91. The van der Waals surface area contributed by atoms with Crippen LogP contribution < -0.4 is 5.73 Å². The number of primary amides is 1. The first-order valence-corrected chi connectivity index (χ1v) is 3.16. The van der Waals surface area contributed by atoms with Gasteiger partial charge >= 0.3 is 6.55 Å². The van der Waals surface area contributed by atoms with Gasteiger partial charge in [0.15, 0.2) is 0 Å². The zero-order valence-corrected chi connectivity index (χ0v) is 6.29. The summed E-state index contributed by atoms with van der Waals surface area (Å²) in [5, 5.41) is 3.40. The average molecular weight is 175 g/mol. The first kappa shape index (κ1) is 8.63. The second-order valence-electron chi connectivity index (χ2n) is 2.26. The molecule has 6 heteroatoms. The third-order valence-electron chi connectivity index (χ3n) is 1.30. The van der Waals surface area contributed by atoms with Gasteiger partial charge in [0.2, 0.25) is 0 Å². The highest BCUT2D eigenvalue weighted by Crippen LogP contribution is 2.13. The summed E-state index contributed by atoms with van der Waals surface area (Å²) >= 11 is 0. The molecule has 1 rings (SSSR count). The average Bonchev–Trinajstić information content (AvgIpc) is 2.31. The van der Waals surface area contributed by atoms with Gasteiger partial charge in [0.05, 0.1) is 5.69 Å². The number of halogens is 2. The Labute approximate surface area is 67.0 Å². The summed E-state index contributed by atoms with van der Waals surface area (Å²) in [6, 6.07) is 1.22. The van der Waals surface area contributed by atoms with E-state index in [1.54, 1.807) is 0 Å². The van der Waals surface area contributed by atoms with Gasteiger partial charge in [-0.05, 0) is 13.0 Å². The van der Waals surface area contributed by atoms with E-state index in [2.05, 4.69) is 5.10 Å². The van der Waals surface area contributed by atoms with E-state index in [1.165, 1.54) is 13.0 Å². The predicted molar refractivity (Wildman–Crippen MR) is 36.7 cm³/mol. The van der Waals surface area contributed by atoms with Crippen molar-refractivity contribution in [2.45, 2.75) is 13.5 Å². The number of alkyl halides is 2. The van der Waals surface area contributed by atoms with E-state index in [9.17, 15) is 13.6 Å². The fourth-order valence-electron chi connectivity index (χ4n) is 0.849. The third-order valence-corrected chi connectivity index (χ3v) is 1.30. The van der Waals surface area contributed by atoms with Crippen LogP contribution in [-0.4, -0.2) is 15.7 Å². The molecular weight excluding hydrogens is 168 g/mol. The smallest absolute Gasteiger partial charge is 0.333 e. The first-order chi connectivity index (χ1) is 5.52. The number of amides is 1. The molecule has 12 heavy (non-hydrogen) atoms. The maximum absolute atomic E-state index is 12.1. The Balaban J connectivity index is 3.17. The summed E-state index contributed by atoms with van der Waals surface area (Å²) in [6.45, 7) is -1.33. The minimum atomic E-state index is -2.83. The van der Waals surface area contributed by atoms with Crippen molar-refractivity contribution in [2.75, 3.05) is 0 Å². The molecule has 0 saturated heterocycles. The molecule has 4 nitrogen and oxygen atoms in total. The molecule has 1 aromatic heterocycles. The molecule has 0 bridgehead atoms. The van der Waals surface area contributed by atoms with Gasteiger partial charge in [-0.3, -0.25) is 4.79 Å². The summed E-state index contributed by atoms with van der Waals surface area (Å²) in [5.41, 5.74) is 4.89. The molecule has 0 unspecified atom stereocenters. The van der Waals surface area contributed by atoms with Crippen LogP contribution in [0.4, 0.5) is 8.78 Å². The SMILES string of the molecule is Cc1cc(C(N)=O)n(C(F)F)n1. The minimum Gasteiger partial charge on any atom is -0.364 e. The lowest BCUT2D eigenvalue weighted by Crippen LogP contribution is -2.18. The van der Waals surface area contributed by atoms with Crippen molar-refractivity contribution in [3.63, 3.8) is 0 Å². The molecule has 0 radical (unpaired) electrons. The van der Waals surface area contributed by atoms with Gasteiger partial charge in [-0.15, -0.1) is 0 Å². The molecule has 0 fully saturated rings. The monoisotopic (exact) mass is 175 g/mol. The quantitative estimate of drug-likeness (QED) is 0.718. The van der Waals surface area contributed by atoms with Gasteiger partial charge in [-0.2, -0.15) is 18.6 Å². The Morgan fingerprint density at radius 1 is 1.75 bits per heavy atom. The van der Waals surface area contributed by atoms with Crippen molar-refractivity contribution in [3.05, 3.63) is 17.5 Å². The lowest BCUT2D eigenvalue weighted by molar-refractivity contribution is 0.0514. The van der Waals surface area contributed by atoms with Crippen LogP contribution in [0.15, 0.2) is 6.07 Å². The van der Waals surface area contributed by atoms with Crippen molar-refractivity contribution < 1.29 is 13.6 Å². The molecule has 0 aliphatic carbocycles. The van der Waals surface area contributed by atoms with Crippen LogP contribution in [0.2, 0.25) is 0 Å². The molecule has 0 aliphatic heterocycles. The second-order valence-corrected chi connectivity index (χ2v) is 2.26. The van der Waals surface area contributed by atoms with Gasteiger partial charge in [-0.25, -0.2) is 0 Å².